The molecule has 3 heterocycles. The zero-order chi connectivity index (χ0) is 17.6. The molecule has 4 N–H and O–H groups in total. The van der Waals surface area contributed by atoms with Crippen LogP contribution in [0.25, 0.3) is 5.76 Å². The van der Waals surface area contributed by atoms with Gasteiger partial charge >= 0.3 is 0 Å². The topological polar surface area (TPSA) is 136 Å². The van der Waals surface area contributed by atoms with Crippen molar-refractivity contribution in [3.8, 4) is 0 Å². The molecule has 0 amide bonds. The SMILES string of the molecule is NS(=O)(=O)C1CC=C(c2ncc(Cl)c(Nc3cc(C4CC4)[nH]n3)n2)O1. The molecule has 9 nitrogen and oxygen atoms in total. The lowest BCUT2D eigenvalue weighted by Crippen LogP contribution is -2.27. The van der Waals surface area contributed by atoms with Crippen LogP contribution in [0.1, 0.15) is 36.7 Å². The molecule has 1 aliphatic carbocycles. The quantitative estimate of drug-likeness (QED) is 0.717. The van der Waals surface area contributed by atoms with E-state index < -0.39 is 15.5 Å². The summed E-state index contributed by atoms with van der Waals surface area (Å²) < 4.78 is 28.1. The standard InChI is InChI=1S/C14H15ClN6O3S/c15-8-6-17-14(10-3-4-12(24-10)25(16,22)23)19-13(8)18-11-5-9(20-21-11)7-1-2-7/h3,5-7,12H,1-2,4H2,(H2,16,22,23)(H2,17,18,19,20,21). The fraction of sp³-hybridized carbons (Fsp3) is 0.357. The smallest absolute Gasteiger partial charge is 0.247 e. The molecule has 2 aliphatic rings. The van der Waals surface area contributed by atoms with Crippen molar-refractivity contribution in [2.75, 3.05) is 5.32 Å². The molecular formula is C14H15ClN6O3S. The summed E-state index contributed by atoms with van der Waals surface area (Å²) in [4.78, 5) is 8.38. The second-order valence-electron chi connectivity index (χ2n) is 5.94. The molecule has 1 unspecified atom stereocenters. The van der Waals surface area contributed by atoms with Crippen molar-refractivity contribution in [1.29, 1.82) is 0 Å². The number of ether oxygens (including phenoxy) is 1. The molecule has 1 fully saturated rings. The third-order valence-electron chi connectivity index (χ3n) is 3.95. The summed E-state index contributed by atoms with van der Waals surface area (Å²) in [6.07, 6.45) is 5.47. The third-order valence-corrected chi connectivity index (χ3v) is 5.24. The van der Waals surface area contributed by atoms with E-state index in [-0.39, 0.29) is 18.0 Å². The van der Waals surface area contributed by atoms with Crippen LogP contribution in [0.2, 0.25) is 5.02 Å². The number of aromatic amines is 1. The summed E-state index contributed by atoms with van der Waals surface area (Å²) in [6.45, 7) is 0. The van der Waals surface area contributed by atoms with Gasteiger partial charge in [0.2, 0.25) is 15.5 Å². The Balaban J connectivity index is 1.54. The molecule has 11 heteroatoms. The van der Waals surface area contributed by atoms with Crippen molar-refractivity contribution in [3.05, 3.63) is 34.9 Å². The van der Waals surface area contributed by atoms with Crippen molar-refractivity contribution in [2.24, 2.45) is 5.14 Å². The number of sulfonamides is 1. The predicted molar refractivity (Wildman–Crippen MR) is 91.5 cm³/mol. The lowest BCUT2D eigenvalue weighted by Gasteiger charge is -2.11. The Kier molecular flexibility index (Phi) is 3.89. The molecule has 0 aromatic carbocycles. The van der Waals surface area contributed by atoms with Gasteiger partial charge in [-0.2, -0.15) is 5.10 Å². The van der Waals surface area contributed by atoms with E-state index in [1.54, 1.807) is 6.08 Å². The predicted octanol–water partition coefficient (Wildman–Crippen LogP) is 1.85. The summed E-state index contributed by atoms with van der Waals surface area (Å²) >= 11 is 6.13. The normalized spacial score (nSPS) is 20.2. The second kappa shape index (κ2) is 5.97. The summed E-state index contributed by atoms with van der Waals surface area (Å²) in [5, 5.41) is 15.6. The van der Waals surface area contributed by atoms with Gasteiger partial charge in [0.15, 0.2) is 23.2 Å². The molecule has 2 aromatic heterocycles. The maximum absolute atomic E-state index is 11.4. The van der Waals surface area contributed by atoms with E-state index in [1.165, 1.54) is 6.20 Å². The number of anilines is 2. The minimum Gasteiger partial charge on any atom is -0.469 e. The fourth-order valence-electron chi connectivity index (χ4n) is 2.49. The van der Waals surface area contributed by atoms with E-state index in [0.29, 0.717) is 22.6 Å². The molecule has 1 atom stereocenters. The maximum atomic E-state index is 11.4. The molecule has 0 radical (unpaired) electrons. The van der Waals surface area contributed by atoms with Crippen molar-refractivity contribution >= 4 is 39.0 Å². The van der Waals surface area contributed by atoms with Gasteiger partial charge in [-0.05, 0) is 18.9 Å². The number of rotatable bonds is 5. The van der Waals surface area contributed by atoms with Crippen LogP contribution in [-0.4, -0.2) is 34.0 Å². The average Bonchev–Trinajstić information content (AvgIpc) is 3.09. The number of H-pyrrole nitrogens is 1. The first-order chi connectivity index (χ1) is 11.9. The van der Waals surface area contributed by atoms with Crippen LogP contribution >= 0.6 is 11.6 Å². The van der Waals surface area contributed by atoms with Gasteiger partial charge in [0.1, 0.15) is 5.02 Å². The highest BCUT2D eigenvalue weighted by molar-refractivity contribution is 7.89. The summed E-state index contributed by atoms with van der Waals surface area (Å²) in [6, 6.07) is 1.91. The zero-order valence-electron chi connectivity index (χ0n) is 12.9. The Hall–Kier alpha value is -2.17. The highest BCUT2D eigenvalue weighted by Crippen LogP contribution is 2.39. The van der Waals surface area contributed by atoms with Crippen LogP contribution in [-0.2, 0) is 14.8 Å². The number of aromatic nitrogens is 4. The first-order valence-electron chi connectivity index (χ1n) is 7.64. The molecule has 0 saturated heterocycles. The molecule has 1 saturated carbocycles. The zero-order valence-corrected chi connectivity index (χ0v) is 14.5. The number of hydrogen-bond donors (Lipinski definition) is 3. The van der Waals surface area contributed by atoms with Crippen molar-refractivity contribution in [1.82, 2.24) is 20.2 Å². The number of nitrogens with two attached hydrogens (primary N) is 1. The minimum absolute atomic E-state index is 0.146. The highest BCUT2D eigenvalue weighted by atomic mass is 35.5. The van der Waals surface area contributed by atoms with Crippen molar-refractivity contribution in [2.45, 2.75) is 30.6 Å². The van der Waals surface area contributed by atoms with Gasteiger partial charge in [-0.15, -0.1) is 0 Å². The van der Waals surface area contributed by atoms with Crippen molar-refractivity contribution in [3.63, 3.8) is 0 Å². The summed E-state index contributed by atoms with van der Waals surface area (Å²) in [5.74, 6) is 1.96. The Morgan fingerprint density at radius 3 is 2.88 bits per heavy atom. The Morgan fingerprint density at radius 2 is 2.20 bits per heavy atom. The van der Waals surface area contributed by atoms with Crippen LogP contribution in [0.3, 0.4) is 0 Å². The largest absolute Gasteiger partial charge is 0.469 e. The van der Waals surface area contributed by atoms with Gasteiger partial charge in [-0.1, -0.05) is 11.6 Å². The van der Waals surface area contributed by atoms with Crippen molar-refractivity contribution < 1.29 is 13.2 Å². The molecule has 2 aromatic rings. The lowest BCUT2D eigenvalue weighted by atomic mass is 10.3. The highest BCUT2D eigenvalue weighted by Gasteiger charge is 2.30. The van der Waals surface area contributed by atoms with E-state index in [9.17, 15) is 8.42 Å². The molecule has 1 aliphatic heterocycles. The van der Waals surface area contributed by atoms with Gasteiger partial charge in [-0.3, -0.25) is 5.10 Å². The molecular weight excluding hydrogens is 368 g/mol. The average molecular weight is 383 g/mol. The summed E-state index contributed by atoms with van der Waals surface area (Å²) in [7, 11) is -3.80. The van der Waals surface area contributed by atoms with Crippen LogP contribution in [0.5, 0.6) is 0 Å². The number of nitrogens with zero attached hydrogens (tertiary/aromatic N) is 3. The minimum atomic E-state index is -3.80. The number of primary sulfonamides is 1. The number of halogens is 1. The van der Waals surface area contributed by atoms with Gasteiger partial charge in [0, 0.05) is 24.1 Å². The molecule has 4 rings (SSSR count). The Labute approximate surface area is 148 Å². The second-order valence-corrected chi connectivity index (χ2v) is 8.05. The Morgan fingerprint density at radius 1 is 1.40 bits per heavy atom. The van der Waals surface area contributed by atoms with Crippen LogP contribution in [0, 0.1) is 0 Å². The third kappa shape index (κ3) is 3.46. The first-order valence-corrected chi connectivity index (χ1v) is 9.62. The summed E-state index contributed by atoms with van der Waals surface area (Å²) in [5.41, 5.74) is -0.0450. The van der Waals surface area contributed by atoms with Crippen LogP contribution in [0.15, 0.2) is 18.3 Å². The van der Waals surface area contributed by atoms with E-state index in [4.69, 9.17) is 21.5 Å². The molecule has 0 spiro atoms. The van der Waals surface area contributed by atoms with E-state index in [2.05, 4.69) is 25.5 Å². The van der Waals surface area contributed by atoms with Gasteiger partial charge in [0.05, 0.1) is 6.20 Å². The van der Waals surface area contributed by atoms with Gasteiger partial charge < -0.3 is 10.1 Å². The lowest BCUT2D eigenvalue weighted by molar-refractivity contribution is 0.259. The molecule has 132 valence electrons. The van der Waals surface area contributed by atoms with Gasteiger partial charge in [0.25, 0.3) is 0 Å². The van der Waals surface area contributed by atoms with Gasteiger partial charge in [-0.25, -0.2) is 23.5 Å². The molecule has 25 heavy (non-hydrogen) atoms. The number of hydrogen-bond acceptors (Lipinski definition) is 7. The van der Waals surface area contributed by atoms with E-state index in [1.807, 2.05) is 6.07 Å². The monoisotopic (exact) mass is 382 g/mol. The van der Waals surface area contributed by atoms with Crippen LogP contribution < -0.4 is 10.5 Å². The fourth-order valence-corrected chi connectivity index (χ4v) is 3.23. The number of nitrogens with one attached hydrogen (secondary N) is 2. The van der Waals surface area contributed by atoms with Crippen LogP contribution in [0.4, 0.5) is 11.6 Å². The van der Waals surface area contributed by atoms with E-state index in [0.717, 1.165) is 18.5 Å². The first kappa shape index (κ1) is 16.3. The maximum Gasteiger partial charge on any atom is 0.247 e. The van der Waals surface area contributed by atoms with E-state index >= 15 is 0 Å². The molecule has 0 bridgehead atoms. The Bertz CT molecular complexity index is 953.